The van der Waals surface area contributed by atoms with E-state index >= 15 is 0 Å². The molecule has 0 amide bonds. The van der Waals surface area contributed by atoms with Crippen molar-refractivity contribution in [2.45, 2.75) is 57.3 Å². The van der Waals surface area contributed by atoms with E-state index in [2.05, 4.69) is 11.6 Å². The van der Waals surface area contributed by atoms with Gasteiger partial charge in [-0.15, -0.1) is 0 Å². The molecule has 0 aliphatic carbocycles. The first-order valence-corrected chi connectivity index (χ1v) is 9.06. The van der Waals surface area contributed by atoms with Crippen molar-refractivity contribution in [1.29, 1.82) is 0 Å². The van der Waals surface area contributed by atoms with Crippen LogP contribution in [-0.4, -0.2) is 20.7 Å². The normalized spacial score (nSPS) is 11.5. The Hall–Kier alpha value is -1.20. The summed E-state index contributed by atoms with van der Waals surface area (Å²) in [7, 11) is -3.52. The largest absolute Gasteiger partial charge is 0.295 e. The number of carbonyl (C=O) groups excluding carboxylic acids is 1. The van der Waals surface area contributed by atoms with Gasteiger partial charge < -0.3 is 0 Å². The van der Waals surface area contributed by atoms with Gasteiger partial charge in [-0.25, -0.2) is 13.1 Å². The van der Waals surface area contributed by atoms with Gasteiger partial charge in [-0.2, -0.15) is 0 Å². The number of unbranched alkanes of at least 4 members (excludes halogenated alkanes) is 5. The second-order valence-electron chi connectivity index (χ2n) is 5.25. The van der Waals surface area contributed by atoms with Crippen molar-refractivity contribution in [3.05, 3.63) is 29.8 Å². The van der Waals surface area contributed by atoms with Gasteiger partial charge in [0.15, 0.2) is 5.78 Å². The van der Waals surface area contributed by atoms with Gasteiger partial charge in [0, 0.05) is 12.1 Å². The Kier molecular flexibility index (Phi) is 7.61. The first kappa shape index (κ1) is 17.9. The van der Waals surface area contributed by atoms with Crippen molar-refractivity contribution < 1.29 is 13.2 Å². The molecule has 0 bridgehead atoms. The molecule has 118 valence electrons. The predicted molar refractivity (Wildman–Crippen MR) is 85.0 cm³/mol. The van der Waals surface area contributed by atoms with Crippen molar-refractivity contribution in [2.75, 3.05) is 6.54 Å². The van der Waals surface area contributed by atoms with Crippen molar-refractivity contribution in [2.24, 2.45) is 0 Å². The Morgan fingerprint density at radius 1 is 1.10 bits per heavy atom. The van der Waals surface area contributed by atoms with Gasteiger partial charge in [-0.3, -0.25) is 4.79 Å². The third-order valence-electron chi connectivity index (χ3n) is 3.37. The molecule has 21 heavy (non-hydrogen) atoms. The summed E-state index contributed by atoms with van der Waals surface area (Å²) >= 11 is 0. The van der Waals surface area contributed by atoms with Gasteiger partial charge in [-0.05, 0) is 25.5 Å². The van der Waals surface area contributed by atoms with E-state index in [1.54, 1.807) is 12.1 Å². The zero-order valence-corrected chi connectivity index (χ0v) is 13.7. The number of rotatable bonds is 10. The fourth-order valence-electron chi connectivity index (χ4n) is 2.08. The van der Waals surface area contributed by atoms with Gasteiger partial charge in [0.1, 0.15) is 0 Å². The third-order valence-corrected chi connectivity index (χ3v) is 4.83. The summed E-state index contributed by atoms with van der Waals surface area (Å²) in [4.78, 5) is 11.4. The number of sulfonamides is 1. The fraction of sp³-hybridized carbons (Fsp3) is 0.562. The second-order valence-corrected chi connectivity index (χ2v) is 7.02. The van der Waals surface area contributed by atoms with Crippen LogP contribution in [0.3, 0.4) is 0 Å². The molecule has 0 atom stereocenters. The van der Waals surface area contributed by atoms with Crippen LogP contribution in [-0.2, 0) is 10.0 Å². The zero-order valence-electron chi connectivity index (χ0n) is 12.9. The summed E-state index contributed by atoms with van der Waals surface area (Å²) in [5.74, 6) is -0.136. The summed E-state index contributed by atoms with van der Waals surface area (Å²) in [5, 5.41) is 0. The molecule has 0 aliphatic heterocycles. The van der Waals surface area contributed by atoms with E-state index in [9.17, 15) is 13.2 Å². The highest BCUT2D eigenvalue weighted by atomic mass is 32.2. The first-order valence-electron chi connectivity index (χ1n) is 7.58. The molecule has 0 saturated carbocycles. The molecule has 1 rings (SSSR count). The van der Waals surface area contributed by atoms with Crippen LogP contribution in [0.25, 0.3) is 0 Å². The molecule has 0 spiro atoms. The van der Waals surface area contributed by atoms with E-state index < -0.39 is 10.0 Å². The van der Waals surface area contributed by atoms with Gasteiger partial charge >= 0.3 is 0 Å². The van der Waals surface area contributed by atoms with Gasteiger partial charge in [0.05, 0.1) is 4.90 Å². The second kappa shape index (κ2) is 8.95. The van der Waals surface area contributed by atoms with E-state index in [-0.39, 0.29) is 10.7 Å². The molecule has 5 heteroatoms. The molecule has 0 saturated heterocycles. The number of hydrogen-bond acceptors (Lipinski definition) is 3. The molecular formula is C16H25NO3S. The first-order chi connectivity index (χ1) is 9.97. The maximum Gasteiger partial charge on any atom is 0.240 e. The van der Waals surface area contributed by atoms with Crippen molar-refractivity contribution in [1.82, 2.24) is 4.72 Å². The van der Waals surface area contributed by atoms with E-state index in [1.165, 1.54) is 38.3 Å². The average molecular weight is 311 g/mol. The number of ketones is 1. The Labute approximate surface area is 128 Å². The molecule has 0 heterocycles. The van der Waals surface area contributed by atoms with Crippen LogP contribution in [0, 0.1) is 0 Å². The van der Waals surface area contributed by atoms with Crippen LogP contribution in [0.4, 0.5) is 0 Å². The highest BCUT2D eigenvalue weighted by molar-refractivity contribution is 7.89. The van der Waals surface area contributed by atoms with Crippen molar-refractivity contribution in [3.63, 3.8) is 0 Å². The smallest absolute Gasteiger partial charge is 0.240 e. The molecule has 0 aromatic heterocycles. The van der Waals surface area contributed by atoms with Crippen LogP contribution in [0.1, 0.15) is 62.7 Å². The third kappa shape index (κ3) is 6.40. The topological polar surface area (TPSA) is 63.2 Å². The van der Waals surface area contributed by atoms with E-state index in [0.29, 0.717) is 12.1 Å². The Balaban J connectivity index is 2.46. The maximum absolute atomic E-state index is 12.1. The molecule has 1 aromatic rings. The standard InChI is InChI=1S/C16H25NO3S/c1-3-4-5-6-7-8-12-17-21(19,20)16-11-9-10-15(13-16)14(2)18/h9-11,13,17H,3-8,12H2,1-2H3. The average Bonchev–Trinajstić information content (AvgIpc) is 2.46. The molecular weight excluding hydrogens is 286 g/mol. The van der Waals surface area contributed by atoms with Crippen LogP contribution in [0.5, 0.6) is 0 Å². The predicted octanol–water partition coefficient (Wildman–Crippen LogP) is 3.53. The molecule has 4 nitrogen and oxygen atoms in total. The molecule has 0 radical (unpaired) electrons. The monoisotopic (exact) mass is 311 g/mol. The van der Waals surface area contributed by atoms with Gasteiger partial charge in [0.25, 0.3) is 0 Å². The molecule has 1 aromatic carbocycles. The highest BCUT2D eigenvalue weighted by Gasteiger charge is 2.14. The SMILES string of the molecule is CCCCCCCCNS(=O)(=O)c1cccc(C(C)=O)c1. The maximum atomic E-state index is 12.1. The molecule has 0 unspecified atom stereocenters. The Morgan fingerprint density at radius 3 is 2.43 bits per heavy atom. The summed E-state index contributed by atoms with van der Waals surface area (Å²) in [6, 6.07) is 6.15. The number of benzene rings is 1. The van der Waals surface area contributed by atoms with Crippen LogP contribution < -0.4 is 4.72 Å². The number of hydrogen-bond donors (Lipinski definition) is 1. The van der Waals surface area contributed by atoms with Crippen LogP contribution >= 0.6 is 0 Å². The lowest BCUT2D eigenvalue weighted by molar-refractivity contribution is 0.101. The summed E-state index contributed by atoms with van der Waals surface area (Å²) in [6.45, 7) is 4.04. The number of Topliss-reactive ketones (excluding diaryl/α,β-unsaturated/α-hetero) is 1. The Bertz CT molecular complexity index is 552. The Morgan fingerprint density at radius 2 is 1.76 bits per heavy atom. The lowest BCUT2D eigenvalue weighted by atomic mass is 10.1. The van der Waals surface area contributed by atoms with E-state index in [0.717, 1.165) is 19.3 Å². The lowest BCUT2D eigenvalue weighted by Crippen LogP contribution is -2.25. The molecule has 0 aliphatic rings. The molecule has 0 fully saturated rings. The van der Waals surface area contributed by atoms with Crippen molar-refractivity contribution in [3.8, 4) is 0 Å². The minimum absolute atomic E-state index is 0.136. The van der Waals surface area contributed by atoms with Gasteiger partial charge in [0.2, 0.25) is 10.0 Å². The minimum atomic E-state index is -3.52. The summed E-state index contributed by atoms with van der Waals surface area (Å²) in [5.41, 5.74) is 0.414. The van der Waals surface area contributed by atoms with Crippen LogP contribution in [0.15, 0.2) is 29.2 Å². The van der Waals surface area contributed by atoms with E-state index in [1.807, 2.05) is 0 Å². The summed E-state index contributed by atoms with van der Waals surface area (Å²) < 4.78 is 26.8. The number of nitrogens with one attached hydrogen (secondary N) is 1. The lowest BCUT2D eigenvalue weighted by Gasteiger charge is -2.07. The fourth-order valence-corrected chi connectivity index (χ4v) is 3.20. The molecule has 1 N–H and O–H groups in total. The minimum Gasteiger partial charge on any atom is -0.295 e. The van der Waals surface area contributed by atoms with E-state index in [4.69, 9.17) is 0 Å². The van der Waals surface area contributed by atoms with Gasteiger partial charge in [-0.1, -0.05) is 51.2 Å². The quantitative estimate of drug-likeness (QED) is 0.531. The zero-order chi connectivity index (χ0) is 15.7. The van der Waals surface area contributed by atoms with Crippen molar-refractivity contribution >= 4 is 15.8 Å². The van der Waals surface area contributed by atoms with Crippen LogP contribution in [0.2, 0.25) is 0 Å². The number of carbonyl (C=O) groups is 1. The highest BCUT2D eigenvalue weighted by Crippen LogP contribution is 2.12. The summed E-state index contributed by atoms with van der Waals surface area (Å²) in [6.07, 6.45) is 6.69.